The fourth-order valence-corrected chi connectivity index (χ4v) is 3.89. The number of phenolic OH excluding ortho intramolecular Hbond substituents is 1. The first-order valence-electron chi connectivity index (χ1n) is 6.39. The Morgan fingerprint density at radius 1 is 1.37 bits per heavy atom. The van der Waals surface area contributed by atoms with E-state index in [2.05, 4.69) is 0 Å². The molecule has 0 spiro atoms. The van der Waals surface area contributed by atoms with Crippen molar-refractivity contribution < 1.29 is 13.5 Å². The van der Waals surface area contributed by atoms with Crippen molar-refractivity contribution in [1.82, 2.24) is 0 Å². The van der Waals surface area contributed by atoms with Crippen LogP contribution in [0.5, 0.6) is 5.75 Å². The van der Waals surface area contributed by atoms with Gasteiger partial charge in [-0.05, 0) is 31.9 Å². The predicted octanol–water partition coefficient (Wildman–Crippen LogP) is 1.59. The smallest absolute Gasteiger partial charge is 0.239 e. The van der Waals surface area contributed by atoms with Gasteiger partial charge in [0.05, 0.1) is 10.9 Å². The van der Waals surface area contributed by atoms with Crippen LogP contribution in [0.25, 0.3) is 0 Å². The second-order valence-electron chi connectivity index (χ2n) is 4.45. The highest BCUT2D eigenvalue weighted by molar-refractivity contribution is 7.93. The molecule has 1 unspecified atom stereocenters. The molecular weight excluding hydrogens is 264 g/mol. The van der Waals surface area contributed by atoms with Gasteiger partial charge in [-0.25, -0.2) is 8.42 Å². The number of anilines is 1. The summed E-state index contributed by atoms with van der Waals surface area (Å²) in [5.41, 5.74) is 6.86. The van der Waals surface area contributed by atoms with Gasteiger partial charge in [-0.1, -0.05) is 13.0 Å². The quantitative estimate of drug-likeness (QED) is 0.832. The summed E-state index contributed by atoms with van der Waals surface area (Å²) in [5, 5.41) is 8.95. The van der Waals surface area contributed by atoms with Crippen molar-refractivity contribution in [1.29, 1.82) is 0 Å². The van der Waals surface area contributed by atoms with Gasteiger partial charge in [0.2, 0.25) is 10.0 Å². The molecule has 0 saturated heterocycles. The van der Waals surface area contributed by atoms with Crippen LogP contribution < -0.4 is 10.0 Å². The van der Waals surface area contributed by atoms with Gasteiger partial charge in [-0.3, -0.25) is 4.31 Å². The number of rotatable bonds is 6. The summed E-state index contributed by atoms with van der Waals surface area (Å²) in [6.45, 7) is 5.79. The molecule has 0 amide bonds. The highest BCUT2D eigenvalue weighted by Crippen LogP contribution is 2.28. The number of nitrogens with two attached hydrogens (primary N) is 1. The lowest BCUT2D eigenvalue weighted by atomic mass is 10.2. The van der Waals surface area contributed by atoms with Crippen LogP contribution in [0, 0.1) is 6.92 Å². The third-order valence-electron chi connectivity index (χ3n) is 3.20. The van der Waals surface area contributed by atoms with Gasteiger partial charge in [0.25, 0.3) is 0 Å². The first-order valence-corrected chi connectivity index (χ1v) is 7.90. The maximum atomic E-state index is 12.6. The van der Waals surface area contributed by atoms with E-state index in [1.54, 1.807) is 26.0 Å². The minimum atomic E-state index is -3.51. The maximum absolute atomic E-state index is 12.6. The lowest BCUT2D eigenvalue weighted by molar-refractivity contribution is 0.475. The first-order chi connectivity index (χ1) is 8.88. The Labute approximate surface area is 115 Å². The Kier molecular flexibility index (Phi) is 5.20. The number of nitrogens with zero attached hydrogens (tertiary/aromatic N) is 1. The minimum Gasteiger partial charge on any atom is -0.508 e. The van der Waals surface area contributed by atoms with Crippen molar-refractivity contribution in [2.24, 2.45) is 5.73 Å². The molecule has 0 radical (unpaired) electrons. The van der Waals surface area contributed by atoms with Crippen LogP contribution in [0.15, 0.2) is 18.2 Å². The van der Waals surface area contributed by atoms with E-state index in [-0.39, 0.29) is 12.3 Å². The molecule has 3 N–H and O–H groups in total. The molecule has 0 aliphatic carbocycles. The van der Waals surface area contributed by atoms with Crippen molar-refractivity contribution in [2.45, 2.75) is 32.4 Å². The average Bonchev–Trinajstić information content (AvgIpc) is 2.35. The Balaban J connectivity index is 3.31. The van der Waals surface area contributed by atoms with Gasteiger partial charge < -0.3 is 10.8 Å². The molecule has 0 aliphatic heterocycles. The van der Waals surface area contributed by atoms with E-state index in [4.69, 9.17) is 5.73 Å². The van der Waals surface area contributed by atoms with Gasteiger partial charge in [0, 0.05) is 19.2 Å². The van der Waals surface area contributed by atoms with E-state index in [0.717, 1.165) is 5.56 Å². The van der Waals surface area contributed by atoms with E-state index in [0.29, 0.717) is 18.7 Å². The second-order valence-corrected chi connectivity index (χ2v) is 6.58. The molecule has 0 bridgehead atoms. The van der Waals surface area contributed by atoms with Gasteiger partial charge >= 0.3 is 0 Å². The number of phenols is 1. The van der Waals surface area contributed by atoms with E-state index in [1.807, 2.05) is 6.92 Å². The summed E-state index contributed by atoms with van der Waals surface area (Å²) in [6, 6.07) is 4.71. The molecule has 1 rings (SSSR count). The lowest BCUT2D eigenvalue weighted by Gasteiger charge is -2.28. The molecule has 0 saturated carbocycles. The zero-order valence-corrected chi connectivity index (χ0v) is 12.4. The molecule has 0 aliphatic rings. The van der Waals surface area contributed by atoms with E-state index >= 15 is 0 Å². The Bertz CT molecular complexity index is 525. The van der Waals surface area contributed by atoms with Gasteiger partial charge in [-0.2, -0.15) is 0 Å². The fourth-order valence-electron chi connectivity index (χ4n) is 2.03. The molecule has 108 valence electrons. The van der Waals surface area contributed by atoms with Crippen LogP contribution in [0.2, 0.25) is 0 Å². The number of sulfonamides is 1. The molecule has 1 aromatic rings. The molecule has 0 fully saturated rings. The minimum absolute atomic E-state index is 0.0510. The Hall–Kier alpha value is -1.27. The van der Waals surface area contributed by atoms with Crippen LogP contribution >= 0.6 is 0 Å². The average molecular weight is 286 g/mol. The predicted molar refractivity (Wildman–Crippen MR) is 77.9 cm³/mol. The summed E-state index contributed by atoms with van der Waals surface area (Å²) in [5.74, 6) is 0.0510. The highest BCUT2D eigenvalue weighted by Gasteiger charge is 2.30. The van der Waals surface area contributed by atoms with E-state index < -0.39 is 15.3 Å². The molecule has 0 aromatic heterocycles. The SMILES string of the molecule is CCC(CN)S(=O)(=O)N(CC)c1cc(O)ccc1C. The molecule has 19 heavy (non-hydrogen) atoms. The van der Waals surface area contributed by atoms with Gasteiger partial charge in [0.15, 0.2) is 0 Å². The summed E-state index contributed by atoms with van der Waals surface area (Å²) < 4.78 is 26.4. The van der Waals surface area contributed by atoms with Crippen molar-refractivity contribution in [3.05, 3.63) is 23.8 Å². The Morgan fingerprint density at radius 3 is 2.47 bits per heavy atom. The zero-order chi connectivity index (χ0) is 14.6. The normalized spacial score (nSPS) is 13.3. The summed E-state index contributed by atoms with van der Waals surface area (Å²) in [7, 11) is -3.51. The molecule has 0 heterocycles. The highest BCUT2D eigenvalue weighted by atomic mass is 32.2. The van der Waals surface area contributed by atoms with Crippen molar-refractivity contribution in [2.75, 3.05) is 17.4 Å². The number of benzene rings is 1. The number of aryl methyl sites for hydroxylation is 1. The first kappa shape index (κ1) is 15.8. The number of hydrogen-bond donors (Lipinski definition) is 2. The van der Waals surface area contributed by atoms with Crippen molar-refractivity contribution >= 4 is 15.7 Å². The van der Waals surface area contributed by atoms with Gasteiger partial charge in [-0.15, -0.1) is 0 Å². The fraction of sp³-hybridized carbons (Fsp3) is 0.538. The molecule has 5 nitrogen and oxygen atoms in total. The topological polar surface area (TPSA) is 83.6 Å². The maximum Gasteiger partial charge on any atom is 0.239 e. The second kappa shape index (κ2) is 6.25. The number of hydrogen-bond acceptors (Lipinski definition) is 4. The van der Waals surface area contributed by atoms with E-state index in [1.165, 1.54) is 10.4 Å². The molecule has 1 aromatic carbocycles. The molecule has 1 atom stereocenters. The van der Waals surface area contributed by atoms with Crippen molar-refractivity contribution in [3.8, 4) is 5.75 Å². The Morgan fingerprint density at radius 2 is 2.00 bits per heavy atom. The zero-order valence-electron chi connectivity index (χ0n) is 11.6. The van der Waals surface area contributed by atoms with Crippen LogP contribution in [0.3, 0.4) is 0 Å². The van der Waals surface area contributed by atoms with E-state index in [9.17, 15) is 13.5 Å². The summed E-state index contributed by atoms with van der Waals surface area (Å²) >= 11 is 0. The van der Waals surface area contributed by atoms with Crippen LogP contribution in [0.4, 0.5) is 5.69 Å². The lowest BCUT2D eigenvalue weighted by Crippen LogP contribution is -2.42. The number of aromatic hydroxyl groups is 1. The third-order valence-corrected chi connectivity index (χ3v) is 5.63. The largest absolute Gasteiger partial charge is 0.508 e. The standard InChI is InChI=1S/C13H22N2O3S/c1-4-12(9-14)19(17,18)15(5-2)13-8-11(16)7-6-10(13)3/h6-8,12,16H,4-5,9,14H2,1-3H3. The molecular formula is C13H22N2O3S. The van der Waals surface area contributed by atoms with Crippen LogP contribution in [-0.4, -0.2) is 31.9 Å². The molecule has 6 heteroatoms. The third kappa shape index (κ3) is 3.19. The van der Waals surface area contributed by atoms with Crippen LogP contribution in [0.1, 0.15) is 25.8 Å². The van der Waals surface area contributed by atoms with Gasteiger partial charge in [0.1, 0.15) is 5.75 Å². The summed E-state index contributed by atoms with van der Waals surface area (Å²) in [6.07, 6.45) is 0.465. The summed E-state index contributed by atoms with van der Waals surface area (Å²) in [4.78, 5) is 0. The monoisotopic (exact) mass is 286 g/mol. The van der Waals surface area contributed by atoms with Crippen LogP contribution in [-0.2, 0) is 10.0 Å². The van der Waals surface area contributed by atoms with Crippen molar-refractivity contribution in [3.63, 3.8) is 0 Å².